The Morgan fingerprint density at radius 3 is 2.79 bits per heavy atom. The van der Waals surface area contributed by atoms with Gasteiger partial charge in [0.05, 0.1) is 11.7 Å². The molecule has 96 valence electrons. The highest BCUT2D eigenvalue weighted by molar-refractivity contribution is 7.21. The van der Waals surface area contributed by atoms with Crippen LogP contribution in [0.5, 0.6) is 0 Å². The van der Waals surface area contributed by atoms with Crippen LogP contribution in [-0.2, 0) is 6.54 Å². The Labute approximate surface area is 119 Å². The number of aromatic nitrogens is 2. The number of rotatable bonds is 3. The predicted octanol–water partition coefficient (Wildman–Crippen LogP) is 3.36. The Bertz CT molecular complexity index is 764. The molecule has 0 aliphatic rings. The molecular formula is C14H11ClN2OS. The van der Waals surface area contributed by atoms with Crippen molar-refractivity contribution in [3.8, 4) is 10.4 Å². The van der Waals surface area contributed by atoms with Crippen molar-refractivity contribution in [3.63, 3.8) is 0 Å². The van der Waals surface area contributed by atoms with Crippen molar-refractivity contribution in [2.24, 2.45) is 0 Å². The van der Waals surface area contributed by atoms with E-state index in [2.05, 4.69) is 4.98 Å². The number of benzene rings is 1. The summed E-state index contributed by atoms with van der Waals surface area (Å²) in [5, 5.41) is 0.663. The number of nitrogens with zero attached hydrogens (tertiary/aromatic N) is 2. The number of hydrogen-bond acceptors (Lipinski definition) is 3. The van der Waals surface area contributed by atoms with E-state index < -0.39 is 0 Å². The normalized spacial score (nSPS) is 11.0. The number of fused-ring (bicyclic) bond motifs is 1. The highest BCUT2D eigenvalue weighted by Gasteiger charge is 2.09. The van der Waals surface area contributed by atoms with Gasteiger partial charge in [0.25, 0.3) is 5.56 Å². The van der Waals surface area contributed by atoms with Gasteiger partial charge in [-0.2, -0.15) is 0 Å². The minimum atomic E-state index is -0.0240. The molecule has 3 nitrogen and oxygen atoms in total. The second-order valence-corrected chi connectivity index (χ2v) is 5.54. The molecule has 0 aliphatic carbocycles. The van der Waals surface area contributed by atoms with Gasteiger partial charge in [0.15, 0.2) is 0 Å². The van der Waals surface area contributed by atoms with Gasteiger partial charge < -0.3 is 0 Å². The maximum atomic E-state index is 12.2. The summed E-state index contributed by atoms with van der Waals surface area (Å²) < 4.78 is 1.55. The molecule has 0 spiro atoms. The summed E-state index contributed by atoms with van der Waals surface area (Å²) in [5.41, 5.74) is 1.08. The van der Waals surface area contributed by atoms with Crippen molar-refractivity contribution < 1.29 is 0 Å². The maximum absolute atomic E-state index is 12.2. The summed E-state index contributed by atoms with van der Waals surface area (Å²) in [6, 6.07) is 11.9. The quantitative estimate of drug-likeness (QED) is 0.693. The SMILES string of the molecule is O=c1c2cc(-c3ccccc3)sc2ncn1CCCl. The van der Waals surface area contributed by atoms with Gasteiger partial charge in [-0.3, -0.25) is 9.36 Å². The topological polar surface area (TPSA) is 34.9 Å². The molecule has 0 saturated carbocycles. The Hall–Kier alpha value is -1.65. The van der Waals surface area contributed by atoms with Gasteiger partial charge in [-0.25, -0.2) is 4.98 Å². The third-order valence-electron chi connectivity index (χ3n) is 2.90. The van der Waals surface area contributed by atoms with Crippen LogP contribution in [0.25, 0.3) is 20.7 Å². The first-order valence-electron chi connectivity index (χ1n) is 5.90. The molecule has 1 aromatic carbocycles. The molecule has 5 heteroatoms. The number of thiophene rings is 1. The second-order valence-electron chi connectivity index (χ2n) is 4.13. The van der Waals surface area contributed by atoms with Crippen molar-refractivity contribution >= 4 is 33.2 Å². The molecule has 0 bridgehead atoms. The monoisotopic (exact) mass is 290 g/mol. The minimum Gasteiger partial charge on any atom is -0.297 e. The fourth-order valence-corrected chi connectivity index (χ4v) is 3.13. The Morgan fingerprint density at radius 1 is 1.26 bits per heavy atom. The van der Waals surface area contributed by atoms with E-state index in [9.17, 15) is 4.79 Å². The lowest BCUT2D eigenvalue weighted by atomic mass is 10.2. The van der Waals surface area contributed by atoms with Gasteiger partial charge in [-0.05, 0) is 11.6 Å². The van der Waals surface area contributed by atoms with Crippen molar-refractivity contribution in [2.45, 2.75) is 6.54 Å². The average molecular weight is 291 g/mol. The molecule has 2 heterocycles. The number of halogens is 1. The summed E-state index contributed by atoms with van der Waals surface area (Å²) in [6.07, 6.45) is 1.57. The van der Waals surface area contributed by atoms with Gasteiger partial charge in [0.2, 0.25) is 0 Å². The van der Waals surface area contributed by atoms with Crippen LogP contribution in [0.2, 0.25) is 0 Å². The first-order chi connectivity index (χ1) is 9.29. The largest absolute Gasteiger partial charge is 0.297 e. The molecule has 0 atom stereocenters. The molecule has 2 aromatic heterocycles. The van der Waals surface area contributed by atoms with Crippen molar-refractivity contribution in [1.29, 1.82) is 0 Å². The van der Waals surface area contributed by atoms with Gasteiger partial charge in [-0.15, -0.1) is 22.9 Å². The van der Waals surface area contributed by atoms with Gasteiger partial charge in [0.1, 0.15) is 4.83 Å². The van der Waals surface area contributed by atoms with Crippen LogP contribution in [0.3, 0.4) is 0 Å². The molecule has 0 N–H and O–H groups in total. The predicted molar refractivity (Wildman–Crippen MR) is 80.0 cm³/mol. The molecule has 19 heavy (non-hydrogen) atoms. The second kappa shape index (κ2) is 5.15. The van der Waals surface area contributed by atoms with Crippen LogP contribution in [-0.4, -0.2) is 15.4 Å². The molecule has 3 rings (SSSR count). The highest BCUT2D eigenvalue weighted by Crippen LogP contribution is 2.30. The van der Waals surface area contributed by atoms with Crippen LogP contribution in [0.1, 0.15) is 0 Å². The molecule has 0 aliphatic heterocycles. The summed E-state index contributed by atoms with van der Waals surface area (Å²) in [7, 11) is 0. The Morgan fingerprint density at radius 2 is 2.05 bits per heavy atom. The van der Waals surface area contributed by atoms with E-state index in [1.165, 1.54) is 11.3 Å². The standard InChI is InChI=1S/C14H11ClN2OS/c15-6-7-17-9-16-13-11(14(17)18)8-12(19-13)10-4-2-1-3-5-10/h1-5,8-9H,6-7H2. The van der Waals surface area contributed by atoms with Crippen LogP contribution < -0.4 is 5.56 Å². The first-order valence-corrected chi connectivity index (χ1v) is 7.25. The third-order valence-corrected chi connectivity index (χ3v) is 4.16. The zero-order chi connectivity index (χ0) is 13.2. The van der Waals surface area contributed by atoms with E-state index in [0.29, 0.717) is 17.8 Å². The van der Waals surface area contributed by atoms with Crippen molar-refractivity contribution in [1.82, 2.24) is 9.55 Å². The van der Waals surface area contributed by atoms with E-state index in [-0.39, 0.29) is 5.56 Å². The van der Waals surface area contributed by atoms with E-state index in [1.54, 1.807) is 10.9 Å². The molecule has 0 saturated heterocycles. The van der Waals surface area contributed by atoms with Gasteiger partial charge >= 0.3 is 0 Å². The minimum absolute atomic E-state index is 0.0240. The summed E-state index contributed by atoms with van der Waals surface area (Å²) in [4.78, 5) is 18.4. The van der Waals surface area contributed by atoms with Crippen LogP contribution in [0.4, 0.5) is 0 Å². The maximum Gasteiger partial charge on any atom is 0.262 e. The number of hydrogen-bond donors (Lipinski definition) is 0. The third kappa shape index (κ3) is 2.29. The lowest BCUT2D eigenvalue weighted by Gasteiger charge is -2.00. The molecule has 0 radical (unpaired) electrons. The lowest BCUT2D eigenvalue weighted by Crippen LogP contribution is -2.20. The van der Waals surface area contributed by atoms with Crippen molar-refractivity contribution in [3.05, 3.63) is 53.1 Å². The zero-order valence-corrected chi connectivity index (χ0v) is 11.6. The fourth-order valence-electron chi connectivity index (χ4n) is 1.95. The van der Waals surface area contributed by atoms with Gasteiger partial charge in [0, 0.05) is 17.3 Å². The van der Waals surface area contributed by atoms with E-state index >= 15 is 0 Å². The first kappa shape index (κ1) is 12.4. The fraction of sp³-hybridized carbons (Fsp3) is 0.143. The lowest BCUT2D eigenvalue weighted by molar-refractivity contribution is 0.723. The molecule has 0 amide bonds. The van der Waals surface area contributed by atoms with Gasteiger partial charge in [-0.1, -0.05) is 30.3 Å². The smallest absolute Gasteiger partial charge is 0.262 e. The van der Waals surface area contributed by atoms with Crippen molar-refractivity contribution in [2.75, 3.05) is 5.88 Å². The van der Waals surface area contributed by atoms with Crippen LogP contribution in [0, 0.1) is 0 Å². The molecule has 0 fully saturated rings. The number of alkyl halides is 1. The molecule has 0 unspecified atom stereocenters. The summed E-state index contributed by atoms with van der Waals surface area (Å²) >= 11 is 7.21. The summed E-state index contributed by atoms with van der Waals surface area (Å²) in [6.45, 7) is 0.486. The summed E-state index contributed by atoms with van der Waals surface area (Å²) in [5.74, 6) is 0.406. The number of aryl methyl sites for hydroxylation is 1. The zero-order valence-electron chi connectivity index (χ0n) is 10.0. The van der Waals surface area contributed by atoms with Crippen LogP contribution in [0.15, 0.2) is 47.5 Å². The molecular weight excluding hydrogens is 280 g/mol. The Balaban J connectivity index is 2.16. The van der Waals surface area contributed by atoms with E-state index in [4.69, 9.17) is 11.6 Å². The van der Waals surface area contributed by atoms with E-state index in [1.807, 2.05) is 36.4 Å². The van der Waals surface area contributed by atoms with E-state index in [0.717, 1.165) is 15.3 Å². The molecule has 3 aromatic rings. The highest BCUT2D eigenvalue weighted by atomic mass is 35.5. The average Bonchev–Trinajstić information content (AvgIpc) is 2.88. The van der Waals surface area contributed by atoms with Crippen LogP contribution >= 0.6 is 22.9 Å². The Kier molecular flexibility index (Phi) is 3.36.